The lowest BCUT2D eigenvalue weighted by Crippen LogP contribution is -2.31. The number of thioether (sulfide) groups is 1. The molecule has 24 heavy (non-hydrogen) atoms. The van der Waals surface area contributed by atoms with Crippen molar-refractivity contribution in [1.82, 2.24) is 9.97 Å². The molecule has 1 aliphatic rings. The van der Waals surface area contributed by atoms with Crippen LogP contribution >= 0.6 is 23.1 Å². The Bertz CT molecular complexity index is 872. The molecule has 3 aromatic rings. The Kier molecular flexibility index (Phi) is 4.02. The SMILES string of the molecule is CSc1nc(NCc2ccco2)c2c3c(sc2n1)COC(C)(C)C3. The molecule has 0 bridgehead atoms. The molecule has 3 aromatic heterocycles. The summed E-state index contributed by atoms with van der Waals surface area (Å²) in [5.41, 5.74) is 1.16. The van der Waals surface area contributed by atoms with Crippen molar-refractivity contribution >= 4 is 39.1 Å². The molecule has 0 amide bonds. The Hall–Kier alpha value is -1.57. The van der Waals surface area contributed by atoms with Crippen molar-refractivity contribution in [2.24, 2.45) is 0 Å². The molecule has 0 aliphatic carbocycles. The van der Waals surface area contributed by atoms with E-state index in [1.165, 1.54) is 10.4 Å². The summed E-state index contributed by atoms with van der Waals surface area (Å²) in [5, 5.41) is 5.35. The molecule has 0 unspecified atom stereocenters. The minimum Gasteiger partial charge on any atom is -0.467 e. The van der Waals surface area contributed by atoms with E-state index in [1.54, 1.807) is 29.4 Å². The molecule has 0 saturated heterocycles. The van der Waals surface area contributed by atoms with E-state index in [2.05, 4.69) is 19.2 Å². The first-order valence-electron chi connectivity index (χ1n) is 7.82. The predicted octanol–water partition coefficient (Wildman–Crippen LogP) is 4.47. The molecule has 7 heteroatoms. The smallest absolute Gasteiger partial charge is 0.190 e. The van der Waals surface area contributed by atoms with Crippen LogP contribution in [0, 0.1) is 0 Å². The van der Waals surface area contributed by atoms with Gasteiger partial charge in [0.1, 0.15) is 16.4 Å². The standard InChI is InChI=1S/C17H19N3O2S2/c1-17(2)7-11-12(9-22-17)24-15-13(11)14(19-16(20-15)23-3)18-8-10-5-4-6-21-10/h4-6H,7-9H2,1-3H3,(H,18,19,20). The maximum Gasteiger partial charge on any atom is 0.190 e. The summed E-state index contributed by atoms with van der Waals surface area (Å²) in [6.45, 7) is 5.52. The molecule has 126 valence electrons. The average molecular weight is 361 g/mol. The highest BCUT2D eigenvalue weighted by molar-refractivity contribution is 7.98. The number of nitrogens with zero attached hydrogens (tertiary/aromatic N) is 2. The number of hydrogen-bond acceptors (Lipinski definition) is 7. The van der Waals surface area contributed by atoms with Gasteiger partial charge >= 0.3 is 0 Å². The summed E-state index contributed by atoms with van der Waals surface area (Å²) in [6, 6.07) is 3.85. The Balaban J connectivity index is 1.79. The molecule has 0 fully saturated rings. The third-order valence-corrected chi connectivity index (χ3v) is 5.75. The highest BCUT2D eigenvalue weighted by Crippen LogP contribution is 2.41. The third kappa shape index (κ3) is 2.92. The molecule has 0 radical (unpaired) electrons. The zero-order chi connectivity index (χ0) is 16.7. The summed E-state index contributed by atoms with van der Waals surface area (Å²) in [7, 11) is 0. The summed E-state index contributed by atoms with van der Waals surface area (Å²) in [6.07, 6.45) is 4.56. The number of anilines is 1. The molecule has 0 aromatic carbocycles. The zero-order valence-electron chi connectivity index (χ0n) is 13.9. The molecular formula is C17H19N3O2S2. The van der Waals surface area contributed by atoms with Crippen LogP contribution in [0.4, 0.5) is 5.82 Å². The van der Waals surface area contributed by atoms with Gasteiger partial charge in [0.05, 0.1) is 30.4 Å². The van der Waals surface area contributed by atoms with Crippen LogP contribution in [0.2, 0.25) is 0 Å². The first-order valence-corrected chi connectivity index (χ1v) is 9.86. The second-order valence-electron chi connectivity index (χ2n) is 6.40. The Labute approximate surface area is 148 Å². The minimum absolute atomic E-state index is 0.155. The van der Waals surface area contributed by atoms with Gasteiger partial charge in [-0.25, -0.2) is 9.97 Å². The van der Waals surface area contributed by atoms with Crippen LogP contribution in [0.3, 0.4) is 0 Å². The second kappa shape index (κ2) is 6.06. The van der Waals surface area contributed by atoms with Gasteiger partial charge < -0.3 is 14.5 Å². The van der Waals surface area contributed by atoms with E-state index < -0.39 is 0 Å². The van der Waals surface area contributed by atoms with E-state index in [0.717, 1.165) is 33.4 Å². The van der Waals surface area contributed by atoms with Crippen molar-refractivity contribution in [3.63, 3.8) is 0 Å². The van der Waals surface area contributed by atoms with Crippen LogP contribution in [0.5, 0.6) is 0 Å². The molecule has 0 saturated carbocycles. The number of aromatic nitrogens is 2. The van der Waals surface area contributed by atoms with Gasteiger partial charge in [0.25, 0.3) is 0 Å². The monoisotopic (exact) mass is 361 g/mol. The van der Waals surface area contributed by atoms with Gasteiger partial charge in [-0.3, -0.25) is 0 Å². The van der Waals surface area contributed by atoms with E-state index in [1.807, 2.05) is 18.4 Å². The summed E-state index contributed by atoms with van der Waals surface area (Å²) in [5.74, 6) is 1.77. The molecule has 0 atom stereocenters. The number of ether oxygens (including phenoxy) is 1. The second-order valence-corrected chi connectivity index (χ2v) is 8.26. The zero-order valence-corrected chi connectivity index (χ0v) is 15.5. The lowest BCUT2D eigenvalue weighted by atomic mass is 9.94. The number of thiophene rings is 1. The predicted molar refractivity (Wildman–Crippen MR) is 97.8 cm³/mol. The quantitative estimate of drug-likeness (QED) is 0.546. The summed E-state index contributed by atoms with van der Waals surface area (Å²) in [4.78, 5) is 11.7. The van der Waals surface area contributed by atoms with Crippen molar-refractivity contribution in [2.75, 3.05) is 11.6 Å². The molecule has 1 aliphatic heterocycles. The average Bonchev–Trinajstić information content (AvgIpc) is 3.18. The van der Waals surface area contributed by atoms with E-state index >= 15 is 0 Å². The number of rotatable bonds is 4. The highest BCUT2D eigenvalue weighted by Gasteiger charge is 2.31. The number of nitrogens with one attached hydrogen (secondary N) is 1. The van der Waals surface area contributed by atoms with Crippen molar-refractivity contribution in [1.29, 1.82) is 0 Å². The fourth-order valence-corrected chi connectivity index (χ4v) is 4.45. The number of furan rings is 1. The molecule has 0 spiro atoms. The fraction of sp³-hybridized carbons (Fsp3) is 0.412. The van der Waals surface area contributed by atoms with Gasteiger partial charge in [0.15, 0.2) is 5.16 Å². The number of fused-ring (bicyclic) bond motifs is 3. The summed E-state index contributed by atoms with van der Waals surface area (Å²) >= 11 is 3.27. The van der Waals surface area contributed by atoms with Crippen LogP contribution in [-0.2, 0) is 24.3 Å². The maximum absolute atomic E-state index is 5.96. The van der Waals surface area contributed by atoms with E-state index in [0.29, 0.717) is 13.2 Å². The van der Waals surface area contributed by atoms with Crippen LogP contribution in [0.15, 0.2) is 28.0 Å². The number of hydrogen-bond donors (Lipinski definition) is 1. The van der Waals surface area contributed by atoms with Crippen LogP contribution in [-0.4, -0.2) is 21.8 Å². The molecular weight excluding hydrogens is 342 g/mol. The lowest BCUT2D eigenvalue weighted by molar-refractivity contribution is -0.0379. The van der Waals surface area contributed by atoms with E-state index in [9.17, 15) is 0 Å². The molecule has 1 N–H and O–H groups in total. The topological polar surface area (TPSA) is 60.2 Å². The normalized spacial score (nSPS) is 16.3. The highest BCUT2D eigenvalue weighted by atomic mass is 32.2. The van der Waals surface area contributed by atoms with Crippen molar-refractivity contribution in [3.05, 3.63) is 34.6 Å². The minimum atomic E-state index is -0.155. The lowest BCUT2D eigenvalue weighted by Gasteiger charge is -2.30. The molecule has 5 nitrogen and oxygen atoms in total. The van der Waals surface area contributed by atoms with Crippen molar-refractivity contribution in [3.8, 4) is 0 Å². The fourth-order valence-electron chi connectivity index (χ4n) is 2.93. The Morgan fingerprint density at radius 1 is 1.38 bits per heavy atom. The van der Waals surface area contributed by atoms with Gasteiger partial charge in [0.2, 0.25) is 0 Å². The first kappa shape index (κ1) is 15.9. The Morgan fingerprint density at radius 3 is 3.00 bits per heavy atom. The van der Waals surface area contributed by atoms with E-state index in [-0.39, 0.29) is 5.60 Å². The van der Waals surface area contributed by atoms with E-state index in [4.69, 9.17) is 19.1 Å². The van der Waals surface area contributed by atoms with Gasteiger partial charge in [-0.15, -0.1) is 11.3 Å². The van der Waals surface area contributed by atoms with Gasteiger partial charge in [-0.1, -0.05) is 11.8 Å². The van der Waals surface area contributed by atoms with Crippen LogP contribution in [0.25, 0.3) is 10.2 Å². The van der Waals surface area contributed by atoms with Crippen molar-refractivity contribution < 1.29 is 9.15 Å². The largest absolute Gasteiger partial charge is 0.467 e. The van der Waals surface area contributed by atoms with Crippen LogP contribution in [0.1, 0.15) is 30.0 Å². The molecule has 4 rings (SSSR count). The Morgan fingerprint density at radius 2 is 2.25 bits per heavy atom. The van der Waals surface area contributed by atoms with Gasteiger partial charge in [-0.2, -0.15) is 0 Å². The van der Waals surface area contributed by atoms with Crippen LogP contribution < -0.4 is 5.32 Å². The maximum atomic E-state index is 5.96. The summed E-state index contributed by atoms with van der Waals surface area (Å²) < 4.78 is 11.4. The molecule has 4 heterocycles. The first-order chi connectivity index (χ1) is 11.6. The van der Waals surface area contributed by atoms with Gasteiger partial charge in [-0.05, 0) is 37.8 Å². The van der Waals surface area contributed by atoms with Gasteiger partial charge in [0, 0.05) is 11.3 Å². The third-order valence-electron chi connectivity index (χ3n) is 4.10. The van der Waals surface area contributed by atoms with Crippen molar-refractivity contribution in [2.45, 2.75) is 44.2 Å².